The van der Waals surface area contributed by atoms with Crippen LogP contribution in [-0.4, -0.2) is 46.5 Å². The van der Waals surface area contributed by atoms with Crippen LogP contribution >= 0.6 is 23.2 Å². The Balaban J connectivity index is 1.41. The lowest BCUT2D eigenvalue weighted by Gasteiger charge is -2.31. The zero-order valence-electron chi connectivity index (χ0n) is 15.5. The molecule has 0 atom stereocenters. The second kappa shape index (κ2) is 7.78. The number of benzene rings is 1. The van der Waals surface area contributed by atoms with Gasteiger partial charge in [0.15, 0.2) is 17.3 Å². The van der Waals surface area contributed by atoms with Gasteiger partial charge in [0, 0.05) is 36.1 Å². The molecule has 10 heteroatoms. The highest BCUT2D eigenvalue weighted by atomic mass is 35.5. The van der Waals surface area contributed by atoms with Crippen LogP contribution in [0.3, 0.4) is 0 Å². The van der Waals surface area contributed by atoms with Crippen molar-refractivity contribution in [2.75, 3.05) is 36.4 Å². The summed E-state index contributed by atoms with van der Waals surface area (Å²) in [6, 6.07) is 7.42. The molecule has 2 aliphatic heterocycles. The third-order valence-electron chi connectivity index (χ3n) is 5.18. The zero-order valence-corrected chi connectivity index (χ0v) is 17.0. The summed E-state index contributed by atoms with van der Waals surface area (Å²) in [7, 11) is 0. The van der Waals surface area contributed by atoms with E-state index in [9.17, 15) is 0 Å². The molecule has 150 valence electrons. The van der Waals surface area contributed by atoms with Gasteiger partial charge in [0.25, 0.3) is 5.89 Å². The number of rotatable bonds is 5. The van der Waals surface area contributed by atoms with Gasteiger partial charge in [0.1, 0.15) is 0 Å². The highest BCUT2D eigenvalue weighted by Crippen LogP contribution is 2.32. The maximum absolute atomic E-state index is 6.36. The third kappa shape index (κ3) is 3.88. The van der Waals surface area contributed by atoms with E-state index in [-0.39, 0.29) is 0 Å². The first kappa shape index (κ1) is 18.6. The lowest BCUT2D eigenvalue weighted by molar-refractivity contribution is 0.333. The van der Waals surface area contributed by atoms with E-state index in [2.05, 4.69) is 35.9 Å². The van der Waals surface area contributed by atoms with Crippen molar-refractivity contribution in [3.63, 3.8) is 0 Å². The first-order chi connectivity index (χ1) is 14.2. The fourth-order valence-electron chi connectivity index (χ4n) is 3.51. The predicted molar refractivity (Wildman–Crippen MR) is 111 cm³/mol. The molecule has 29 heavy (non-hydrogen) atoms. The Kier molecular flexibility index (Phi) is 4.99. The molecule has 0 saturated carbocycles. The average molecular weight is 432 g/mol. The van der Waals surface area contributed by atoms with Crippen molar-refractivity contribution in [2.24, 2.45) is 5.92 Å². The van der Waals surface area contributed by atoms with Gasteiger partial charge in [-0.15, -0.1) is 10.2 Å². The fraction of sp³-hybridized carbons (Fsp3) is 0.368. The summed E-state index contributed by atoms with van der Waals surface area (Å²) in [6.45, 7) is 4.16. The van der Waals surface area contributed by atoms with Crippen LogP contribution in [0.25, 0.3) is 11.6 Å². The number of anilines is 2. The van der Waals surface area contributed by atoms with E-state index in [1.807, 2.05) is 18.2 Å². The number of nitrogens with zero attached hydrogens (tertiary/aromatic N) is 5. The Morgan fingerprint density at radius 3 is 2.90 bits per heavy atom. The van der Waals surface area contributed by atoms with Crippen LogP contribution < -0.4 is 15.5 Å². The summed E-state index contributed by atoms with van der Waals surface area (Å²) >= 11 is 12.5. The van der Waals surface area contributed by atoms with Gasteiger partial charge < -0.3 is 20.1 Å². The van der Waals surface area contributed by atoms with Crippen LogP contribution in [0.2, 0.25) is 10.0 Å². The first-order valence-corrected chi connectivity index (χ1v) is 10.3. The SMILES string of the molecule is Clc1ccc(Cl)c(CN2CCNc3nnc(-c4nc(CC5CNC5)no4)cc32)c1. The van der Waals surface area contributed by atoms with Crippen LogP contribution in [0.15, 0.2) is 28.8 Å². The Hall–Kier alpha value is -2.42. The molecule has 1 saturated heterocycles. The van der Waals surface area contributed by atoms with Crippen molar-refractivity contribution in [1.29, 1.82) is 0 Å². The molecule has 5 rings (SSSR count). The van der Waals surface area contributed by atoms with Crippen molar-refractivity contribution in [3.05, 3.63) is 45.7 Å². The molecule has 0 amide bonds. The van der Waals surface area contributed by atoms with Crippen molar-refractivity contribution in [2.45, 2.75) is 13.0 Å². The van der Waals surface area contributed by atoms with E-state index >= 15 is 0 Å². The minimum Gasteiger partial charge on any atom is -0.365 e. The molecule has 2 aliphatic rings. The van der Waals surface area contributed by atoms with Crippen molar-refractivity contribution in [1.82, 2.24) is 25.7 Å². The summed E-state index contributed by atoms with van der Waals surface area (Å²) in [5.74, 6) is 2.37. The van der Waals surface area contributed by atoms with E-state index < -0.39 is 0 Å². The molecule has 4 heterocycles. The minimum atomic E-state index is 0.383. The van der Waals surface area contributed by atoms with Gasteiger partial charge in [-0.25, -0.2) is 0 Å². The number of halogens is 2. The van der Waals surface area contributed by atoms with Gasteiger partial charge in [0.05, 0.1) is 5.69 Å². The second-order valence-corrected chi connectivity index (χ2v) is 8.14. The Morgan fingerprint density at radius 1 is 1.17 bits per heavy atom. The molecule has 0 radical (unpaired) electrons. The van der Waals surface area contributed by atoms with E-state index in [1.54, 1.807) is 6.07 Å². The van der Waals surface area contributed by atoms with Gasteiger partial charge in [-0.05, 0) is 48.8 Å². The van der Waals surface area contributed by atoms with Gasteiger partial charge >= 0.3 is 0 Å². The molecule has 8 nitrogen and oxygen atoms in total. The van der Waals surface area contributed by atoms with Gasteiger partial charge in [0.2, 0.25) is 0 Å². The van der Waals surface area contributed by atoms with E-state index in [1.165, 1.54) is 0 Å². The lowest BCUT2D eigenvalue weighted by atomic mass is 9.99. The minimum absolute atomic E-state index is 0.383. The summed E-state index contributed by atoms with van der Waals surface area (Å²) < 4.78 is 5.44. The highest BCUT2D eigenvalue weighted by molar-refractivity contribution is 6.33. The molecular formula is C19H19Cl2N7O. The van der Waals surface area contributed by atoms with Gasteiger partial charge in [-0.3, -0.25) is 0 Å². The maximum atomic E-state index is 6.36. The normalized spacial score (nSPS) is 16.3. The molecule has 0 aliphatic carbocycles. The summed E-state index contributed by atoms with van der Waals surface area (Å²) in [4.78, 5) is 6.69. The topological polar surface area (TPSA) is 92.0 Å². The number of hydrogen-bond donors (Lipinski definition) is 2. The second-order valence-electron chi connectivity index (χ2n) is 7.29. The molecule has 0 bridgehead atoms. The number of nitrogens with one attached hydrogen (secondary N) is 2. The monoisotopic (exact) mass is 431 g/mol. The molecule has 3 aromatic rings. The van der Waals surface area contributed by atoms with Crippen molar-refractivity contribution < 1.29 is 4.52 Å². The Bertz CT molecular complexity index is 1040. The van der Waals surface area contributed by atoms with Crippen LogP contribution in [0, 0.1) is 5.92 Å². The fourth-order valence-corrected chi connectivity index (χ4v) is 3.88. The van der Waals surface area contributed by atoms with Crippen LogP contribution in [0.1, 0.15) is 11.4 Å². The highest BCUT2D eigenvalue weighted by Gasteiger charge is 2.24. The smallest absolute Gasteiger partial charge is 0.278 e. The zero-order chi connectivity index (χ0) is 19.8. The summed E-state index contributed by atoms with van der Waals surface area (Å²) in [5.41, 5.74) is 2.43. The largest absolute Gasteiger partial charge is 0.365 e. The Labute approximate surface area is 177 Å². The molecule has 1 fully saturated rings. The molecular weight excluding hydrogens is 413 g/mol. The van der Waals surface area contributed by atoms with Gasteiger partial charge in [-0.1, -0.05) is 28.4 Å². The standard InChI is InChI=1S/C19H19Cl2N7O/c20-13-1-2-14(21)12(6-13)10-28-4-3-23-18-16(28)7-15(25-26-18)19-24-17(27-29-19)5-11-8-22-9-11/h1-2,6-7,11,22H,3-5,8-10H2,(H,23,26). The quantitative estimate of drug-likeness (QED) is 0.636. The van der Waals surface area contributed by atoms with Crippen LogP contribution in [0.4, 0.5) is 11.5 Å². The van der Waals surface area contributed by atoms with Gasteiger partial charge in [-0.2, -0.15) is 4.98 Å². The number of aromatic nitrogens is 4. The first-order valence-electron chi connectivity index (χ1n) is 9.50. The summed E-state index contributed by atoms with van der Waals surface area (Å²) in [5, 5.41) is 20.6. The van der Waals surface area contributed by atoms with E-state index in [0.717, 1.165) is 49.7 Å². The number of fused-ring (bicyclic) bond motifs is 1. The molecule has 2 aromatic heterocycles. The summed E-state index contributed by atoms with van der Waals surface area (Å²) in [6.07, 6.45) is 0.801. The van der Waals surface area contributed by atoms with Crippen LogP contribution in [-0.2, 0) is 13.0 Å². The van der Waals surface area contributed by atoms with Crippen molar-refractivity contribution in [3.8, 4) is 11.6 Å². The van der Waals surface area contributed by atoms with Crippen molar-refractivity contribution >= 4 is 34.7 Å². The van der Waals surface area contributed by atoms with E-state index in [0.29, 0.717) is 39.9 Å². The third-order valence-corrected chi connectivity index (χ3v) is 5.79. The molecule has 1 aromatic carbocycles. The average Bonchev–Trinajstić information content (AvgIpc) is 3.16. The lowest BCUT2D eigenvalue weighted by Crippen LogP contribution is -2.43. The number of hydrogen-bond acceptors (Lipinski definition) is 8. The van der Waals surface area contributed by atoms with Crippen LogP contribution in [0.5, 0.6) is 0 Å². The van der Waals surface area contributed by atoms with E-state index in [4.69, 9.17) is 27.7 Å². The maximum Gasteiger partial charge on any atom is 0.278 e. The Morgan fingerprint density at radius 2 is 2.07 bits per heavy atom. The predicted octanol–water partition coefficient (Wildman–Crippen LogP) is 3.03. The molecule has 0 spiro atoms. The molecule has 2 N–H and O–H groups in total. The molecule has 0 unspecified atom stereocenters.